The Bertz CT molecular complexity index is 400. The van der Waals surface area contributed by atoms with Crippen LogP contribution in [0.15, 0.2) is 0 Å². The first-order valence-corrected chi connectivity index (χ1v) is 7.97. The fourth-order valence-electron chi connectivity index (χ4n) is 5.73. The molecular formula is C17H28O2. The van der Waals surface area contributed by atoms with Gasteiger partial charge in [0.05, 0.1) is 0 Å². The summed E-state index contributed by atoms with van der Waals surface area (Å²) in [5.41, 5.74) is 0.323. The van der Waals surface area contributed by atoms with E-state index in [0.717, 1.165) is 30.1 Å². The highest BCUT2D eigenvalue weighted by atomic mass is 16.6. The molecular weight excluding hydrogens is 236 g/mol. The molecule has 2 heteroatoms. The maximum Gasteiger partial charge on any atom is 0.303 e. The number of carbonyl (C=O) groups excluding carboxylic acids is 1. The van der Waals surface area contributed by atoms with Gasteiger partial charge in [0.15, 0.2) is 0 Å². The number of fused-ring (bicyclic) bond motifs is 3. The fourth-order valence-corrected chi connectivity index (χ4v) is 5.73. The summed E-state index contributed by atoms with van der Waals surface area (Å²) in [7, 11) is 0. The second-order valence-corrected chi connectivity index (χ2v) is 8.14. The molecule has 0 aromatic rings. The standard InChI is InChI=1S/C17H28O2/c1-10-6-7-12-14(10)15-13(16(15,3)4)8-9-17(12,5)19-11(2)18/h10,12-15H,6-9H2,1-5H3. The molecule has 0 bridgehead atoms. The second-order valence-electron chi connectivity index (χ2n) is 8.14. The summed E-state index contributed by atoms with van der Waals surface area (Å²) in [5.74, 6) is 3.78. The summed E-state index contributed by atoms with van der Waals surface area (Å²) in [6.45, 7) is 11.1. The Labute approximate surface area is 117 Å². The number of rotatable bonds is 1. The van der Waals surface area contributed by atoms with E-state index in [1.165, 1.54) is 19.3 Å². The largest absolute Gasteiger partial charge is 0.459 e. The van der Waals surface area contributed by atoms with Crippen LogP contribution in [0.2, 0.25) is 0 Å². The van der Waals surface area contributed by atoms with Crippen LogP contribution in [0.3, 0.4) is 0 Å². The van der Waals surface area contributed by atoms with Gasteiger partial charge in [0.2, 0.25) is 0 Å². The van der Waals surface area contributed by atoms with Gasteiger partial charge in [-0.2, -0.15) is 0 Å². The Morgan fingerprint density at radius 3 is 2.42 bits per heavy atom. The summed E-state index contributed by atoms with van der Waals surface area (Å²) in [6, 6.07) is 0. The molecule has 6 unspecified atom stereocenters. The minimum absolute atomic E-state index is 0.101. The molecule has 3 aliphatic rings. The Morgan fingerprint density at radius 2 is 1.79 bits per heavy atom. The highest BCUT2D eigenvalue weighted by molar-refractivity contribution is 5.66. The molecule has 0 radical (unpaired) electrons. The van der Waals surface area contributed by atoms with Gasteiger partial charge < -0.3 is 4.74 Å². The van der Waals surface area contributed by atoms with Crippen LogP contribution in [0.25, 0.3) is 0 Å². The molecule has 108 valence electrons. The number of esters is 1. The lowest BCUT2D eigenvalue weighted by Crippen LogP contribution is -2.42. The van der Waals surface area contributed by atoms with Crippen molar-refractivity contribution < 1.29 is 9.53 Å². The van der Waals surface area contributed by atoms with Gasteiger partial charge in [-0.1, -0.05) is 27.2 Å². The van der Waals surface area contributed by atoms with Crippen molar-refractivity contribution in [3.63, 3.8) is 0 Å². The van der Waals surface area contributed by atoms with Crippen LogP contribution in [-0.4, -0.2) is 11.6 Å². The van der Waals surface area contributed by atoms with Crippen LogP contribution < -0.4 is 0 Å². The molecule has 0 aromatic heterocycles. The molecule has 0 aliphatic heterocycles. The smallest absolute Gasteiger partial charge is 0.303 e. The van der Waals surface area contributed by atoms with Gasteiger partial charge in [0.25, 0.3) is 0 Å². The first kappa shape index (κ1) is 13.5. The van der Waals surface area contributed by atoms with Crippen molar-refractivity contribution in [1.29, 1.82) is 0 Å². The van der Waals surface area contributed by atoms with E-state index in [4.69, 9.17) is 4.74 Å². The second kappa shape index (κ2) is 3.99. The van der Waals surface area contributed by atoms with E-state index in [9.17, 15) is 4.79 Å². The first-order chi connectivity index (χ1) is 8.77. The number of carbonyl (C=O) groups is 1. The Morgan fingerprint density at radius 1 is 1.11 bits per heavy atom. The summed E-state index contributed by atoms with van der Waals surface area (Å²) in [6.07, 6.45) is 4.85. The van der Waals surface area contributed by atoms with Crippen molar-refractivity contribution in [3.8, 4) is 0 Å². The summed E-state index contributed by atoms with van der Waals surface area (Å²) in [4.78, 5) is 11.5. The number of hydrogen-bond acceptors (Lipinski definition) is 2. The van der Waals surface area contributed by atoms with Crippen LogP contribution in [0.1, 0.15) is 60.3 Å². The zero-order valence-corrected chi connectivity index (χ0v) is 13.0. The molecule has 19 heavy (non-hydrogen) atoms. The van der Waals surface area contributed by atoms with E-state index in [2.05, 4.69) is 27.7 Å². The summed E-state index contributed by atoms with van der Waals surface area (Å²) in [5, 5.41) is 0. The number of ether oxygens (including phenoxy) is 1. The summed E-state index contributed by atoms with van der Waals surface area (Å²) >= 11 is 0. The highest BCUT2D eigenvalue weighted by Crippen LogP contribution is 2.71. The van der Waals surface area contributed by atoms with Gasteiger partial charge in [0, 0.05) is 12.8 Å². The van der Waals surface area contributed by atoms with Gasteiger partial charge in [0.1, 0.15) is 5.60 Å². The molecule has 3 rings (SSSR count). The van der Waals surface area contributed by atoms with Crippen molar-refractivity contribution in [2.75, 3.05) is 0 Å². The molecule has 6 atom stereocenters. The van der Waals surface area contributed by atoms with E-state index < -0.39 is 0 Å². The third-order valence-electron chi connectivity index (χ3n) is 6.72. The predicted octanol–water partition coefficient (Wildman–Crippen LogP) is 4.04. The Balaban J connectivity index is 1.91. The van der Waals surface area contributed by atoms with Gasteiger partial charge in [-0.05, 0) is 55.3 Å². The third kappa shape index (κ3) is 1.86. The normalized spacial score (nSPS) is 50.9. The maximum absolute atomic E-state index is 11.5. The van der Waals surface area contributed by atoms with Crippen LogP contribution in [0.4, 0.5) is 0 Å². The molecule has 3 saturated carbocycles. The van der Waals surface area contributed by atoms with Crippen LogP contribution in [-0.2, 0) is 9.53 Å². The lowest BCUT2D eigenvalue weighted by molar-refractivity contribution is -0.164. The van der Waals surface area contributed by atoms with E-state index >= 15 is 0 Å². The van der Waals surface area contributed by atoms with Crippen LogP contribution >= 0.6 is 0 Å². The van der Waals surface area contributed by atoms with E-state index in [1.807, 2.05) is 0 Å². The van der Waals surface area contributed by atoms with Crippen molar-refractivity contribution in [2.24, 2.45) is 35.0 Å². The topological polar surface area (TPSA) is 26.3 Å². The number of hydrogen-bond donors (Lipinski definition) is 0. The zero-order chi connectivity index (χ0) is 14.0. The molecule has 3 aliphatic carbocycles. The van der Waals surface area contributed by atoms with Crippen LogP contribution in [0, 0.1) is 35.0 Å². The molecule has 0 saturated heterocycles. The van der Waals surface area contributed by atoms with Gasteiger partial charge in [-0.3, -0.25) is 4.79 Å². The maximum atomic E-state index is 11.5. The molecule has 0 N–H and O–H groups in total. The lowest BCUT2D eigenvalue weighted by Gasteiger charge is -2.39. The minimum atomic E-state index is -0.204. The van der Waals surface area contributed by atoms with E-state index in [0.29, 0.717) is 11.3 Å². The van der Waals surface area contributed by atoms with Gasteiger partial charge in [-0.25, -0.2) is 0 Å². The fraction of sp³-hybridized carbons (Fsp3) is 0.941. The van der Waals surface area contributed by atoms with Crippen LogP contribution in [0.5, 0.6) is 0 Å². The van der Waals surface area contributed by atoms with Crippen molar-refractivity contribution in [2.45, 2.75) is 65.9 Å². The monoisotopic (exact) mass is 264 g/mol. The Hall–Kier alpha value is -0.530. The molecule has 0 spiro atoms. The quantitative estimate of drug-likeness (QED) is 0.668. The zero-order valence-electron chi connectivity index (χ0n) is 13.0. The third-order valence-corrected chi connectivity index (χ3v) is 6.72. The molecule has 0 aromatic carbocycles. The summed E-state index contributed by atoms with van der Waals surface area (Å²) < 4.78 is 5.82. The molecule has 0 amide bonds. The predicted molar refractivity (Wildman–Crippen MR) is 75.5 cm³/mol. The van der Waals surface area contributed by atoms with Gasteiger partial charge in [-0.15, -0.1) is 0 Å². The molecule has 2 nitrogen and oxygen atoms in total. The van der Waals surface area contributed by atoms with E-state index in [1.54, 1.807) is 6.92 Å². The SMILES string of the molecule is CC(=O)OC1(C)CCC2C(C3C(C)CCC31)C2(C)C. The highest BCUT2D eigenvalue weighted by Gasteiger charge is 2.67. The average Bonchev–Trinajstić information content (AvgIpc) is 2.63. The van der Waals surface area contributed by atoms with Crippen molar-refractivity contribution in [3.05, 3.63) is 0 Å². The average molecular weight is 264 g/mol. The van der Waals surface area contributed by atoms with Crippen molar-refractivity contribution in [1.82, 2.24) is 0 Å². The molecule has 0 heterocycles. The first-order valence-electron chi connectivity index (χ1n) is 7.97. The van der Waals surface area contributed by atoms with E-state index in [-0.39, 0.29) is 11.6 Å². The van der Waals surface area contributed by atoms with Gasteiger partial charge >= 0.3 is 5.97 Å². The Kier molecular flexibility index (Phi) is 2.82. The minimum Gasteiger partial charge on any atom is -0.459 e. The lowest BCUT2D eigenvalue weighted by atomic mass is 9.74. The molecule has 3 fully saturated rings. The van der Waals surface area contributed by atoms with Crippen molar-refractivity contribution >= 4 is 5.97 Å².